The average molecular weight is 341 g/mol. The number of rotatable bonds is 2. The summed E-state index contributed by atoms with van der Waals surface area (Å²) < 4.78 is 0.914. The number of pyridine rings is 1. The van der Waals surface area contributed by atoms with Crippen LogP contribution in [0.3, 0.4) is 0 Å². The minimum absolute atomic E-state index is 0.112. The highest BCUT2D eigenvalue weighted by Crippen LogP contribution is 2.24. The van der Waals surface area contributed by atoms with Gasteiger partial charge >= 0.3 is 0 Å². The maximum Gasteiger partial charge on any atom is 0.275 e. The van der Waals surface area contributed by atoms with E-state index in [4.69, 9.17) is 17.3 Å². The van der Waals surface area contributed by atoms with E-state index in [9.17, 15) is 4.79 Å². The van der Waals surface area contributed by atoms with Gasteiger partial charge in [0.2, 0.25) is 0 Å². The van der Waals surface area contributed by atoms with Gasteiger partial charge < -0.3 is 11.1 Å². The van der Waals surface area contributed by atoms with E-state index in [1.54, 1.807) is 18.2 Å². The number of nitrogens with one attached hydrogen (secondary N) is 1. The van der Waals surface area contributed by atoms with Crippen LogP contribution < -0.4 is 11.1 Å². The maximum absolute atomic E-state index is 12.1. The SMILES string of the molecule is Cc1c(Br)cccc1NC(=O)c1nc(N)ccc1Cl. The number of anilines is 2. The molecule has 0 unspecified atom stereocenters. The van der Waals surface area contributed by atoms with Gasteiger partial charge in [-0.3, -0.25) is 4.79 Å². The smallest absolute Gasteiger partial charge is 0.275 e. The van der Waals surface area contributed by atoms with Gasteiger partial charge in [-0.2, -0.15) is 0 Å². The first-order valence-corrected chi connectivity index (χ1v) is 6.64. The molecule has 6 heteroatoms. The average Bonchev–Trinajstić information content (AvgIpc) is 2.38. The van der Waals surface area contributed by atoms with Crippen molar-refractivity contribution in [3.8, 4) is 0 Å². The molecule has 3 N–H and O–H groups in total. The van der Waals surface area contributed by atoms with Crippen molar-refractivity contribution >= 4 is 44.9 Å². The number of aromatic nitrogens is 1. The number of nitrogens with zero attached hydrogens (tertiary/aromatic N) is 1. The van der Waals surface area contributed by atoms with E-state index in [2.05, 4.69) is 26.2 Å². The lowest BCUT2D eigenvalue weighted by Gasteiger charge is -2.10. The Morgan fingerprint density at radius 1 is 1.37 bits per heavy atom. The minimum Gasteiger partial charge on any atom is -0.384 e. The zero-order valence-electron chi connectivity index (χ0n) is 10.1. The normalized spacial score (nSPS) is 10.3. The zero-order chi connectivity index (χ0) is 14.0. The molecule has 0 atom stereocenters. The van der Waals surface area contributed by atoms with Crippen molar-refractivity contribution in [2.24, 2.45) is 0 Å². The Morgan fingerprint density at radius 3 is 2.84 bits per heavy atom. The molecular weight excluding hydrogens is 330 g/mol. The van der Waals surface area contributed by atoms with Gasteiger partial charge in [-0.15, -0.1) is 0 Å². The van der Waals surface area contributed by atoms with E-state index in [1.807, 2.05) is 19.1 Å². The van der Waals surface area contributed by atoms with Crippen molar-refractivity contribution in [2.75, 3.05) is 11.1 Å². The number of halogens is 2. The van der Waals surface area contributed by atoms with Crippen LogP contribution in [0.4, 0.5) is 11.5 Å². The molecule has 0 saturated carbocycles. The second kappa shape index (κ2) is 5.59. The number of nitrogen functional groups attached to an aromatic ring is 1. The molecule has 0 saturated heterocycles. The third kappa shape index (κ3) is 3.05. The Kier molecular flexibility index (Phi) is 4.07. The van der Waals surface area contributed by atoms with Gasteiger partial charge in [-0.1, -0.05) is 33.6 Å². The van der Waals surface area contributed by atoms with Crippen LogP contribution in [-0.4, -0.2) is 10.9 Å². The fourth-order valence-electron chi connectivity index (χ4n) is 1.54. The number of nitrogens with two attached hydrogens (primary N) is 1. The molecule has 0 bridgehead atoms. The molecular formula is C13H11BrClN3O. The summed E-state index contributed by atoms with van der Waals surface area (Å²) in [6, 6.07) is 8.63. The molecule has 0 spiro atoms. The van der Waals surface area contributed by atoms with Crippen molar-refractivity contribution in [3.63, 3.8) is 0 Å². The van der Waals surface area contributed by atoms with Crippen LogP contribution in [0.1, 0.15) is 16.1 Å². The third-order valence-electron chi connectivity index (χ3n) is 2.60. The summed E-state index contributed by atoms with van der Waals surface area (Å²) in [6.45, 7) is 1.90. The number of carbonyl (C=O) groups is 1. The summed E-state index contributed by atoms with van der Waals surface area (Å²) in [5, 5.41) is 3.03. The van der Waals surface area contributed by atoms with Crippen LogP contribution in [0.15, 0.2) is 34.8 Å². The van der Waals surface area contributed by atoms with Crippen LogP contribution in [0.5, 0.6) is 0 Å². The third-order valence-corrected chi connectivity index (χ3v) is 3.76. The highest BCUT2D eigenvalue weighted by atomic mass is 79.9. The van der Waals surface area contributed by atoms with Gasteiger partial charge in [-0.05, 0) is 36.8 Å². The lowest BCUT2D eigenvalue weighted by molar-refractivity contribution is 0.102. The van der Waals surface area contributed by atoms with Gasteiger partial charge in [0.1, 0.15) is 11.5 Å². The Balaban J connectivity index is 2.31. The molecule has 0 aliphatic heterocycles. The second-order valence-corrected chi connectivity index (χ2v) is 5.19. The first-order chi connectivity index (χ1) is 8.99. The summed E-state index contributed by atoms with van der Waals surface area (Å²) in [6.07, 6.45) is 0. The maximum atomic E-state index is 12.1. The van der Waals surface area contributed by atoms with E-state index in [0.717, 1.165) is 10.0 Å². The lowest BCUT2D eigenvalue weighted by atomic mass is 10.2. The predicted octanol–water partition coefficient (Wildman–Crippen LogP) is 3.64. The summed E-state index contributed by atoms with van der Waals surface area (Å²) in [5.74, 6) is -0.140. The van der Waals surface area contributed by atoms with Gasteiger partial charge in [-0.25, -0.2) is 4.98 Å². The van der Waals surface area contributed by atoms with Crippen molar-refractivity contribution in [1.82, 2.24) is 4.98 Å². The van der Waals surface area contributed by atoms with Gasteiger partial charge in [0.05, 0.1) is 5.02 Å². The second-order valence-electron chi connectivity index (χ2n) is 3.93. The fraction of sp³-hybridized carbons (Fsp3) is 0.0769. The first-order valence-electron chi connectivity index (χ1n) is 5.47. The summed E-state index contributed by atoms with van der Waals surface area (Å²) >= 11 is 9.35. The summed E-state index contributed by atoms with van der Waals surface area (Å²) in [4.78, 5) is 16.1. The molecule has 2 aromatic rings. The van der Waals surface area contributed by atoms with E-state index >= 15 is 0 Å². The Morgan fingerprint density at radius 2 is 2.11 bits per heavy atom. The van der Waals surface area contributed by atoms with Crippen molar-refractivity contribution in [1.29, 1.82) is 0 Å². The fourth-order valence-corrected chi connectivity index (χ4v) is 2.10. The first kappa shape index (κ1) is 13.8. The molecule has 1 heterocycles. The quantitative estimate of drug-likeness (QED) is 0.877. The van der Waals surface area contributed by atoms with Crippen molar-refractivity contribution < 1.29 is 4.79 Å². The summed E-state index contributed by atoms with van der Waals surface area (Å²) in [5.41, 5.74) is 7.29. The van der Waals surface area contributed by atoms with Crippen molar-refractivity contribution in [2.45, 2.75) is 6.92 Å². The standard InChI is InChI=1S/C13H11BrClN3O/c1-7-8(14)3-2-4-10(7)17-13(19)12-9(15)5-6-11(16)18-12/h2-6H,1H3,(H2,16,18)(H,17,19). The highest BCUT2D eigenvalue weighted by molar-refractivity contribution is 9.10. The van der Waals surface area contributed by atoms with Crippen LogP contribution >= 0.6 is 27.5 Å². The number of amides is 1. The largest absolute Gasteiger partial charge is 0.384 e. The molecule has 98 valence electrons. The number of benzene rings is 1. The molecule has 0 aliphatic rings. The highest BCUT2D eigenvalue weighted by Gasteiger charge is 2.14. The lowest BCUT2D eigenvalue weighted by Crippen LogP contribution is -2.15. The molecule has 19 heavy (non-hydrogen) atoms. The Bertz CT molecular complexity index is 646. The van der Waals surface area contributed by atoms with E-state index in [-0.39, 0.29) is 16.5 Å². The Labute approximate surface area is 124 Å². The topological polar surface area (TPSA) is 68.0 Å². The van der Waals surface area contributed by atoms with E-state index in [1.165, 1.54) is 0 Å². The molecule has 1 aromatic heterocycles. The molecule has 0 fully saturated rings. The van der Waals surface area contributed by atoms with Gasteiger partial charge in [0.15, 0.2) is 0 Å². The van der Waals surface area contributed by atoms with Crippen molar-refractivity contribution in [3.05, 3.63) is 51.1 Å². The van der Waals surface area contributed by atoms with Gasteiger partial charge in [0.25, 0.3) is 5.91 Å². The molecule has 0 aliphatic carbocycles. The van der Waals surface area contributed by atoms with E-state index < -0.39 is 5.91 Å². The van der Waals surface area contributed by atoms with Crippen LogP contribution in [0, 0.1) is 6.92 Å². The number of hydrogen-bond donors (Lipinski definition) is 2. The number of hydrogen-bond acceptors (Lipinski definition) is 3. The van der Waals surface area contributed by atoms with Crippen LogP contribution in [-0.2, 0) is 0 Å². The Hall–Kier alpha value is -1.59. The monoisotopic (exact) mass is 339 g/mol. The van der Waals surface area contributed by atoms with Crippen LogP contribution in [0.2, 0.25) is 5.02 Å². The van der Waals surface area contributed by atoms with E-state index in [0.29, 0.717) is 5.69 Å². The zero-order valence-corrected chi connectivity index (χ0v) is 12.4. The molecule has 1 aromatic carbocycles. The molecule has 0 radical (unpaired) electrons. The molecule has 1 amide bonds. The predicted molar refractivity (Wildman–Crippen MR) is 80.5 cm³/mol. The minimum atomic E-state index is -0.390. The molecule has 4 nitrogen and oxygen atoms in total. The molecule has 2 rings (SSSR count). The van der Waals surface area contributed by atoms with Gasteiger partial charge in [0, 0.05) is 10.2 Å². The number of carbonyl (C=O) groups excluding carboxylic acids is 1. The van der Waals surface area contributed by atoms with Crippen LogP contribution in [0.25, 0.3) is 0 Å². The summed E-state index contributed by atoms with van der Waals surface area (Å²) in [7, 11) is 0.